The van der Waals surface area contributed by atoms with Gasteiger partial charge in [0.1, 0.15) is 0 Å². The molecule has 0 aliphatic carbocycles. The Labute approximate surface area is 152 Å². The van der Waals surface area contributed by atoms with Crippen molar-refractivity contribution in [3.05, 3.63) is 42.2 Å². The number of ether oxygens (including phenoxy) is 2. The number of benzene rings is 1. The lowest BCUT2D eigenvalue weighted by atomic mass is 10.1. The lowest BCUT2D eigenvalue weighted by Crippen LogP contribution is -2.43. The molecule has 1 aromatic carbocycles. The van der Waals surface area contributed by atoms with Gasteiger partial charge in [0.25, 0.3) is 0 Å². The van der Waals surface area contributed by atoms with Gasteiger partial charge in [-0.25, -0.2) is 0 Å². The molecular weight excluding hydrogens is 328 g/mol. The van der Waals surface area contributed by atoms with Crippen LogP contribution in [0.15, 0.2) is 36.7 Å². The Kier molecular flexibility index (Phi) is 4.24. The van der Waals surface area contributed by atoms with E-state index in [0.717, 1.165) is 64.7 Å². The Morgan fingerprint density at radius 3 is 2.50 bits per heavy atom. The van der Waals surface area contributed by atoms with Crippen molar-refractivity contribution >= 4 is 21.8 Å². The third kappa shape index (κ3) is 2.84. The Bertz CT molecular complexity index is 911. The number of fused-ring (bicyclic) bond motifs is 3. The molecule has 2 fully saturated rings. The molecule has 6 heteroatoms. The highest BCUT2D eigenvalue weighted by atomic mass is 16.5. The smallest absolute Gasteiger partial charge is 0.0709 e. The standard InChI is InChI=1S/C20H24N4O2/c1-2-17-18(21-5-1)3-4-19-20(17)16(14-22-6-10-25-11-7-22)15-24(19)23-8-12-26-13-9-23/h1-5,15H,6-14H2. The van der Waals surface area contributed by atoms with Crippen LogP contribution in [0.3, 0.4) is 0 Å². The van der Waals surface area contributed by atoms with Gasteiger partial charge in [0, 0.05) is 42.8 Å². The first-order chi connectivity index (χ1) is 12.9. The first-order valence-electron chi connectivity index (χ1n) is 9.41. The van der Waals surface area contributed by atoms with Crippen LogP contribution in [0.1, 0.15) is 5.56 Å². The quantitative estimate of drug-likeness (QED) is 0.721. The molecule has 0 atom stereocenters. The maximum atomic E-state index is 5.54. The summed E-state index contributed by atoms with van der Waals surface area (Å²) in [4.78, 5) is 7.05. The van der Waals surface area contributed by atoms with Gasteiger partial charge in [0.15, 0.2) is 0 Å². The van der Waals surface area contributed by atoms with Crippen LogP contribution in [0.25, 0.3) is 21.8 Å². The van der Waals surface area contributed by atoms with Crippen LogP contribution in [-0.4, -0.2) is 67.2 Å². The molecule has 6 nitrogen and oxygen atoms in total. The summed E-state index contributed by atoms with van der Waals surface area (Å²) in [7, 11) is 0. The molecule has 0 amide bonds. The van der Waals surface area contributed by atoms with Crippen molar-refractivity contribution in [2.75, 3.05) is 57.6 Å². The molecule has 2 aliphatic heterocycles. The number of hydrogen-bond acceptors (Lipinski definition) is 5. The summed E-state index contributed by atoms with van der Waals surface area (Å²) in [6, 6.07) is 8.57. The molecule has 2 aromatic heterocycles. The van der Waals surface area contributed by atoms with E-state index >= 15 is 0 Å². The topological polar surface area (TPSA) is 42.8 Å². The van der Waals surface area contributed by atoms with Crippen molar-refractivity contribution in [3.63, 3.8) is 0 Å². The van der Waals surface area contributed by atoms with Crippen LogP contribution >= 0.6 is 0 Å². The summed E-state index contributed by atoms with van der Waals surface area (Å²) < 4.78 is 13.4. The lowest BCUT2D eigenvalue weighted by Gasteiger charge is -2.30. The second-order valence-corrected chi connectivity index (χ2v) is 6.98. The van der Waals surface area contributed by atoms with E-state index < -0.39 is 0 Å². The van der Waals surface area contributed by atoms with E-state index in [4.69, 9.17) is 9.47 Å². The van der Waals surface area contributed by atoms with Gasteiger partial charge in [-0.3, -0.25) is 14.6 Å². The minimum Gasteiger partial charge on any atom is -0.379 e. The van der Waals surface area contributed by atoms with E-state index in [2.05, 4.69) is 44.0 Å². The molecule has 0 bridgehead atoms. The van der Waals surface area contributed by atoms with Gasteiger partial charge in [-0.15, -0.1) is 0 Å². The molecule has 5 rings (SSSR count). The normalized spacial score (nSPS) is 19.5. The van der Waals surface area contributed by atoms with Gasteiger partial charge < -0.3 is 14.5 Å². The molecule has 0 unspecified atom stereocenters. The third-order valence-corrected chi connectivity index (χ3v) is 5.40. The van der Waals surface area contributed by atoms with Gasteiger partial charge in [-0.1, -0.05) is 6.07 Å². The van der Waals surface area contributed by atoms with Crippen molar-refractivity contribution < 1.29 is 9.47 Å². The van der Waals surface area contributed by atoms with E-state index in [9.17, 15) is 0 Å². The molecule has 3 aromatic rings. The van der Waals surface area contributed by atoms with Crippen molar-refractivity contribution in [1.29, 1.82) is 0 Å². The zero-order chi connectivity index (χ0) is 17.3. The minimum absolute atomic E-state index is 0.785. The average molecular weight is 352 g/mol. The molecule has 4 heterocycles. The summed E-state index contributed by atoms with van der Waals surface area (Å²) in [5, 5.41) is 4.95. The highest BCUT2D eigenvalue weighted by Crippen LogP contribution is 2.30. The van der Waals surface area contributed by atoms with Crippen LogP contribution in [0.4, 0.5) is 0 Å². The Balaban J connectivity index is 1.64. The SMILES string of the molecule is c1cnc2ccc3c(c(CN4CCOCC4)cn3N3CCOCC3)c2c1. The molecule has 0 radical (unpaired) electrons. The van der Waals surface area contributed by atoms with Crippen LogP contribution in [0.5, 0.6) is 0 Å². The maximum Gasteiger partial charge on any atom is 0.0709 e. The van der Waals surface area contributed by atoms with E-state index in [-0.39, 0.29) is 0 Å². The maximum absolute atomic E-state index is 5.54. The summed E-state index contributed by atoms with van der Waals surface area (Å²) >= 11 is 0. The number of pyridine rings is 1. The number of nitrogens with zero attached hydrogens (tertiary/aromatic N) is 4. The van der Waals surface area contributed by atoms with Crippen LogP contribution in [-0.2, 0) is 16.0 Å². The van der Waals surface area contributed by atoms with Crippen molar-refractivity contribution in [3.8, 4) is 0 Å². The first-order valence-corrected chi connectivity index (χ1v) is 9.41. The van der Waals surface area contributed by atoms with Crippen molar-refractivity contribution in [1.82, 2.24) is 14.6 Å². The van der Waals surface area contributed by atoms with Crippen LogP contribution in [0, 0.1) is 0 Å². The summed E-state index contributed by atoms with van der Waals surface area (Å²) in [5.41, 5.74) is 3.69. The fourth-order valence-electron chi connectivity index (χ4n) is 4.07. The van der Waals surface area contributed by atoms with Gasteiger partial charge >= 0.3 is 0 Å². The highest BCUT2D eigenvalue weighted by molar-refractivity contribution is 6.07. The van der Waals surface area contributed by atoms with E-state index in [1.807, 2.05) is 12.3 Å². The predicted molar refractivity (Wildman–Crippen MR) is 102 cm³/mol. The lowest BCUT2D eigenvalue weighted by molar-refractivity contribution is 0.0343. The van der Waals surface area contributed by atoms with Gasteiger partial charge in [-0.05, 0) is 23.8 Å². The van der Waals surface area contributed by atoms with E-state index in [1.54, 1.807) is 0 Å². The Morgan fingerprint density at radius 1 is 0.923 bits per heavy atom. The molecule has 0 N–H and O–H groups in total. The van der Waals surface area contributed by atoms with E-state index in [1.165, 1.54) is 21.9 Å². The number of aromatic nitrogens is 2. The van der Waals surface area contributed by atoms with Crippen molar-refractivity contribution in [2.45, 2.75) is 6.54 Å². The molecule has 2 aliphatic rings. The largest absolute Gasteiger partial charge is 0.379 e. The number of rotatable bonds is 3. The van der Waals surface area contributed by atoms with Crippen LogP contribution < -0.4 is 5.01 Å². The Morgan fingerprint density at radius 2 is 1.69 bits per heavy atom. The zero-order valence-electron chi connectivity index (χ0n) is 14.9. The average Bonchev–Trinajstić information content (AvgIpc) is 3.08. The monoisotopic (exact) mass is 352 g/mol. The summed E-state index contributed by atoms with van der Waals surface area (Å²) in [6.07, 6.45) is 4.19. The number of hydrogen-bond donors (Lipinski definition) is 0. The fourth-order valence-corrected chi connectivity index (χ4v) is 4.07. The zero-order valence-corrected chi connectivity index (χ0v) is 14.9. The summed E-state index contributed by atoms with van der Waals surface area (Å²) in [6.45, 7) is 8.00. The number of morpholine rings is 2. The van der Waals surface area contributed by atoms with Gasteiger partial charge in [-0.2, -0.15) is 0 Å². The molecule has 2 saturated heterocycles. The second kappa shape index (κ2) is 6.87. The fraction of sp³-hybridized carbons (Fsp3) is 0.450. The van der Waals surface area contributed by atoms with Gasteiger partial charge in [0.05, 0.1) is 50.6 Å². The highest BCUT2D eigenvalue weighted by Gasteiger charge is 2.20. The summed E-state index contributed by atoms with van der Waals surface area (Å²) in [5.74, 6) is 0. The Hall–Kier alpha value is -2.15. The first kappa shape index (κ1) is 16.1. The predicted octanol–water partition coefficient (Wildman–Crippen LogP) is 1.99. The molecule has 136 valence electrons. The third-order valence-electron chi connectivity index (χ3n) is 5.40. The van der Waals surface area contributed by atoms with Crippen LogP contribution in [0.2, 0.25) is 0 Å². The van der Waals surface area contributed by atoms with E-state index in [0.29, 0.717) is 0 Å². The molecule has 0 saturated carbocycles. The van der Waals surface area contributed by atoms with Crippen molar-refractivity contribution in [2.24, 2.45) is 0 Å². The molecular formula is C20H24N4O2. The molecule has 0 spiro atoms. The second-order valence-electron chi connectivity index (χ2n) is 6.98. The minimum atomic E-state index is 0.785. The molecule has 26 heavy (non-hydrogen) atoms. The van der Waals surface area contributed by atoms with Gasteiger partial charge in [0.2, 0.25) is 0 Å².